The van der Waals surface area contributed by atoms with E-state index in [0.29, 0.717) is 36.2 Å². The third kappa shape index (κ3) is 6.62. The lowest BCUT2D eigenvalue weighted by Gasteiger charge is -2.33. The van der Waals surface area contributed by atoms with Gasteiger partial charge in [0.1, 0.15) is 9.88 Å². The van der Waals surface area contributed by atoms with Gasteiger partial charge in [0, 0.05) is 32.0 Å². The molecule has 1 N–H and O–H groups in total. The summed E-state index contributed by atoms with van der Waals surface area (Å²) in [5.74, 6) is -4.67. The second-order valence-corrected chi connectivity index (χ2v) is 9.98. The predicted octanol–water partition coefficient (Wildman–Crippen LogP) is 6.00. The van der Waals surface area contributed by atoms with E-state index in [2.05, 4.69) is 22.1 Å². The maximum Gasteiger partial charge on any atom is 0.416 e. The average Bonchev–Trinajstić information content (AvgIpc) is 3.12. The summed E-state index contributed by atoms with van der Waals surface area (Å²) in [6.07, 6.45) is 0.839. The molecule has 2 aliphatic rings. The lowest BCUT2D eigenvalue weighted by Crippen LogP contribution is -2.39. The van der Waals surface area contributed by atoms with E-state index in [-0.39, 0.29) is 17.3 Å². The molecule has 33 heavy (non-hydrogen) atoms. The van der Waals surface area contributed by atoms with E-state index in [0.717, 1.165) is 36.9 Å². The summed E-state index contributed by atoms with van der Waals surface area (Å²) < 4.78 is 67.6. The van der Waals surface area contributed by atoms with Crippen LogP contribution in [0, 0.1) is 6.92 Å². The second kappa shape index (κ2) is 10.2. The van der Waals surface area contributed by atoms with Crippen molar-refractivity contribution in [2.75, 3.05) is 19.6 Å². The van der Waals surface area contributed by atoms with Crippen molar-refractivity contribution in [3.05, 3.63) is 38.9 Å². The normalized spacial score (nSPS) is 22.7. The number of hydrogen-bond acceptors (Lipinski definition) is 4. The number of amides is 1. The zero-order valence-electron chi connectivity index (χ0n) is 19.1. The number of thiazole rings is 1. The van der Waals surface area contributed by atoms with E-state index >= 15 is 0 Å². The van der Waals surface area contributed by atoms with Gasteiger partial charge in [0.2, 0.25) is 0 Å². The third-order valence-electron chi connectivity index (χ3n) is 6.23. The molecule has 184 valence electrons. The molecule has 1 aliphatic carbocycles. The monoisotopic (exact) mass is 491 g/mol. The maximum absolute atomic E-state index is 13.9. The number of carbonyl (C=O) groups is 1. The second-order valence-electron chi connectivity index (χ2n) is 8.95. The van der Waals surface area contributed by atoms with Crippen molar-refractivity contribution in [1.82, 2.24) is 15.2 Å². The topological polar surface area (TPSA) is 45.2 Å². The van der Waals surface area contributed by atoms with Gasteiger partial charge >= 0.3 is 6.18 Å². The SMILES string of the molecule is Cc1nc(C2C=C(C(F)(F)F)C=C(C(C)(F)F)C2)sc1C(=O)NCCCN1CCCCC1C. The Morgan fingerprint density at radius 1 is 1.27 bits per heavy atom. The van der Waals surface area contributed by atoms with Crippen molar-refractivity contribution in [3.8, 4) is 0 Å². The molecule has 1 amide bonds. The Hall–Kier alpha value is -1.81. The van der Waals surface area contributed by atoms with Crippen LogP contribution in [0.4, 0.5) is 22.0 Å². The molecule has 10 heteroatoms. The molecule has 3 rings (SSSR count). The van der Waals surface area contributed by atoms with E-state index in [1.165, 1.54) is 19.3 Å². The van der Waals surface area contributed by atoms with Crippen LogP contribution >= 0.6 is 11.3 Å². The largest absolute Gasteiger partial charge is 0.416 e. The molecule has 2 heterocycles. The minimum absolute atomic E-state index is 0.233. The Kier molecular flexibility index (Phi) is 7.99. The molecule has 1 fully saturated rings. The quantitative estimate of drug-likeness (QED) is 0.376. The van der Waals surface area contributed by atoms with Crippen LogP contribution in [-0.2, 0) is 0 Å². The molecular formula is C23H30F5N3OS. The van der Waals surface area contributed by atoms with Crippen molar-refractivity contribution in [2.45, 2.75) is 76.9 Å². The first-order chi connectivity index (χ1) is 15.4. The number of nitrogens with zero attached hydrogens (tertiary/aromatic N) is 2. The number of hydrogen-bond donors (Lipinski definition) is 1. The van der Waals surface area contributed by atoms with Crippen molar-refractivity contribution < 1.29 is 26.7 Å². The van der Waals surface area contributed by atoms with Gasteiger partial charge in [-0.25, -0.2) is 13.8 Å². The van der Waals surface area contributed by atoms with Gasteiger partial charge in [0.15, 0.2) is 0 Å². The minimum atomic E-state index is -4.74. The number of halogens is 5. The first kappa shape index (κ1) is 25.8. The van der Waals surface area contributed by atoms with Gasteiger partial charge in [-0.3, -0.25) is 4.79 Å². The van der Waals surface area contributed by atoms with Crippen LogP contribution in [0.25, 0.3) is 0 Å². The molecule has 1 aromatic rings. The Bertz CT molecular complexity index is 916. The predicted molar refractivity (Wildman–Crippen MR) is 119 cm³/mol. The van der Waals surface area contributed by atoms with Gasteiger partial charge in [-0.1, -0.05) is 12.5 Å². The summed E-state index contributed by atoms with van der Waals surface area (Å²) in [6.45, 7) is 6.83. The van der Waals surface area contributed by atoms with Gasteiger partial charge in [0.25, 0.3) is 11.8 Å². The number of allylic oxidation sites excluding steroid dienone is 4. The molecule has 1 saturated heterocycles. The highest BCUT2D eigenvalue weighted by Gasteiger charge is 2.40. The van der Waals surface area contributed by atoms with E-state index < -0.39 is 29.2 Å². The fourth-order valence-electron chi connectivity index (χ4n) is 4.29. The Balaban J connectivity index is 1.65. The van der Waals surface area contributed by atoms with Crippen LogP contribution in [0.2, 0.25) is 0 Å². The standard InChI is InChI=1S/C23H30F5N3OS/c1-14-7-4-5-9-31(14)10-6-8-29-20(32)19-15(2)30-21(33-19)16-11-17(22(3,24)25)13-18(12-16)23(26,27)28/h12-14,16H,4-11H2,1-3H3,(H,29,32). The van der Waals surface area contributed by atoms with Gasteiger partial charge in [-0.05, 0) is 57.7 Å². The van der Waals surface area contributed by atoms with Crippen molar-refractivity contribution in [2.24, 2.45) is 0 Å². The van der Waals surface area contributed by atoms with Gasteiger partial charge in [-0.15, -0.1) is 11.3 Å². The van der Waals surface area contributed by atoms with Crippen LogP contribution in [0.5, 0.6) is 0 Å². The molecule has 1 aliphatic heterocycles. The zero-order valence-corrected chi connectivity index (χ0v) is 19.9. The van der Waals surface area contributed by atoms with Gasteiger partial charge in [0.05, 0.1) is 11.3 Å². The summed E-state index contributed by atoms with van der Waals surface area (Å²) in [5, 5.41) is 3.09. The Morgan fingerprint density at radius 3 is 2.64 bits per heavy atom. The molecule has 0 radical (unpaired) electrons. The fourth-order valence-corrected chi connectivity index (χ4v) is 5.34. The van der Waals surface area contributed by atoms with E-state index in [1.807, 2.05) is 0 Å². The van der Waals surface area contributed by atoms with Crippen molar-refractivity contribution in [3.63, 3.8) is 0 Å². The highest BCUT2D eigenvalue weighted by atomic mass is 32.1. The molecule has 0 aromatic carbocycles. The number of aryl methyl sites for hydroxylation is 1. The van der Waals surface area contributed by atoms with Crippen molar-refractivity contribution >= 4 is 17.2 Å². The molecule has 2 unspecified atom stereocenters. The molecule has 0 bridgehead atoms. The molecular weight excluding hydrogens is 461 g/mol. The summed E-state index contributed by atoms with van der Waals surface area (Å²) in [7, 11) is 0. The average molecular weight is 492 g/mol. The number of alkyl halides is 5. The highest BCUT2D eigenvalue weighted by Crippen LogP contribution is 2.43. The number of carbonyl (C=O) groups excluding carboxylic acids is 1. The van der Waals surface area contributed by atoms with Gasteiger partial charge < -0.3 is 10.2 Å². The number of piperidine rings is 1. The highest BCUT2D eigenvalue weighted by molar-refractivity contribution is 7.13. The summed E-state index contributed by atoms with van der Waals surface area (Å²) >= 11 is 0.968. The van der Waals surface area contributed by atoms with E-state index in [4.69, 9.17) is 0 Å². The van der Waals surface area contributed by atoms with E-state index in [9.17, 15) is 26.7 Å². The van der Waals surface area contributed by atoms with E-state index in [1.54, 1.807) is 6.92 Å². The minimum Gasteiger partial charge on any atom is -0.351 e. The lowest BCUT2D eigenvalue weighted by atomic mass is 9.87. The fraction of sp³-hybridized carbons (Fsp3) is 0.652. The summed E-state index contributed by atoms with van der Waals surface area (Å²) in [5.41, 5.74) is -1.31. The number of nitrogens with one attached hydrogen (secondary N) is 1. The lowest BCUT2D eigenvalue weighted by molar-refractivity contribution is -0.0891. The summed E-state index contributed by atoms with van der Waals surface area (Å²) in [4.78, 5) is 19.6. The molecule has 0 saturated carbocycles. The maximum atomic E-state index is 13.9. The number of aromatic nitrogens is 1. The van der Waals surface area contributed by atoms with Crippen LogP contribution in [-0.4, -0.2) is 53.6 Å². The van der Waals surface area contributed by atoms with Crippen LogP contribution in [0.1, 0.15) is 72.2 Å². The van der Waals surface area contributed by atoms with Crippen molar-refractivity contribution in [1.29, 1.82) is 0 Å². The number of likely N-dealkylation sites (tertiary alicyclic amines) is 1. The first-order valence-electron chi connectivity index (χ1n) is 11.2. The molecule has 0 spiro atoms. The zero-order chi connectivity index (χ0) is 24.4. The van der Waals surface area contributed by atoms with Crippen LogP contribution < -0.4 is 5.32 Å². The smallest absolute Gasteiger partial charge is 0.351 e. The Morgan fingerprint density at radius 2 is 2.00 bits per heavy atom. The van der Waals surface area contributed by atoms with Crippen LogP contribution in [0.3, 0.4) is 0 Å². The van der Waals surface area contributed by atoms with Gasteiger partial charge in [-0.2, -0.15) is 13.2 Å². The molecule has 2 atom stereocenters. The molecule has 4 nitrogen and oxygen atoms in total. The third-order valence-corrected chi connectivity index (χ3v) is 7.51. The Labute approximate surface area is 194 Å². The number of rotatable bonds is 7. The molecule has 1 aromatic heterocycles. The van der Waals surface area contributed by atoms with Crippen LogP contribution in [0.15, 0.2) is 23.3 Å². The first-order valence-corrected chi connectivity index (χ1v) is 12.1. The summed E-state index contributed by atoms with van der Waals surface area (Å²) in [6, 6.07) is 0.542.